The molecule has 3 aromatic rings. The lowest BCUT2D eigenvalue weighted by Crippen LogP contribution is -2.53. The Balaban J connectivity index is 1.46. The Morgan fingerprint density at radius 3 is 2.05 bits per heavy atom. The molecule has 1 aliphatic carbocycles. The van der Waals surface area contributed by atoms with Crippen molar-refractivity contribution in [2.45, 2.75) is 61.0 Å². The van der Waals surface area contributed by atoms with Crippen LogP contribution in [0.25, 0.3) is 0 Å². The molecule has 1 aliphatic rings. The van der Waals surface area contributed by atoms with Gasteiger partial charge in [0, 0.05) is 30.7 Å². The summed E-state index contributed by atoms with van der Waals surface area (Å²) < 4.78 is 19.7. The number of aliphatic hydroxyl groups is 1. The third-order valence-corrected chi connectivity index (χ3v) is 9.53. The van der Waals surface area contributed by atoms with Crippen molar-refractivity contribution in [3.05, 3.63) is 96.1 Å². The smallest absolute Gasteiger partial charge is 0.407 e. The predicted octanol–water partition coefficient (Wildman–Crippen LogP) is 4.21. The van der Waals surface area contributed by atoms with Crippen LogP contribution in [0.15, 0.2) is 89.8 Å². The highest BCUT2D eigenvalue weighted by molar-refractivity contribution is 7.82. The van der Waals surface area contributed by atoms with Crippen molar-refractivity contribution >= 4 is 28.7 Å². The van der Waals surface area contributed by atoms with E-state index in [0.29, 0.717) is 35.8 Å². The van der Waals surface area contributed by atoms with Gasteiger partial charge in [-0.3, -0.25) is 4.79 Å². The van der Waals surface area contributed by atoms with Gasteiger partial charge in [0.05, 0.1) is 18.6 Å². The van der Waals surface area contributed by atoms with Crippen molar-refractivity contribution in [1.29, 1.82) is 0 Å². The van der Waals surface area contributed by atoms with E-state index >= 15 is 0 Å². The Bertz CT molecular complexity index is 1300. The van der Waals surface area contributed by atoms with Gasteiger partial charge in [0.1, 0.15) is 17.0 Å². The van der Waals surface area contributed by atoms with Crippen molar-refractivity contribution < 1.29 is 23.6 Å². The predicted molar refractivity (Wildman–Crippen MR) is 168 cm³/mol. The number of hydrogen-bond acceptors (Lipinski definition) is 6. The van der Waals surface area contributed by atoms with E-state index in [1.54, 1.807) is 35.6 Å². The molecule has 10 heteroatoms. The lowest BCUT2D eigenvalue weighted by Gasteiger charge is -2.30. The van der Waals surface area contributed by atoms with Gasteiger partial charge in [-0.05, 0) is 73.4 Å². The molecule has 4 rings (SSSR count). The number of aliphatic hydroxyl groups excluding tert-OH is 1. The molecule has 4 unspecified atom stereocenters. The van der Waals surface area contributed by atoms with E-state index in [0.717, 1.165) is 24.0 Å². The van der Waals surface area contributed by atoms with E-state index in [1.165, 1.54) is 7.11 Å². The summed E-state index contributed by atoms with van der Waals surface area (Å²) in [5, 5.41) is 16.2. The van der Waals surface area contributed by atoms with Crippen LogP contribution >= 0.6 is 0 Å². The van der Waals surface area contributed by atoms with E-state index < -0.39 is 29.0 Å². The van der Waals surface area contributed by atoms with Gasteiger partial charge in [-0.25, -0.2) is 13.3 Å². The molecule has 9 nitrogen and oxygen atoms in total. The largest absolute Gasteiger partial charge is 0.453 e. The SMILES string of the molecule is COC(=O)NC(C(=O)NC(CCCC(CO)N(C)S(=O)c1ccc(N)cc1)C1CC1)C(c1ccccc1)c1ccccc1. The lowest BCUT2D eigenvalue weighted by atomic mass is 9.84. The fraction of sp³-hybridized carbons (Fsp3) is 0.394. The molecule has 0 heterocycles. The van der Waals surface area contributed by atoms with Crippen molar-refractivity contribution in [3.8, 4) is 0 Å². The molecule has 0 spiro atoms. The van der Waals surface area contributed by atoms with Gasteiger partial charge in [-0.15, -0.1) is 0 Å². The summed E-state index contributed by atoms with van der Waals surface area (Å²) in [4.78, 5) is 27.1. The zero-order chi connectivity index (χ0) is 30.8. The third kappa shape index (κ3) is 8.89. The van der Waals surface area contributed by atoms with E-state index in [1.807, 2.05) is 60.7 Å². The highest BCUT2D eigenvalue weighted by Gasteiger charge is 2.37. The molecular formula is C33H42N4O5S. The monoisotopic (exact) mass is 606 g/mol. The summed E-state index contributed by atoms with van der Waals surface area (Å²) in [6.07, 6.45) is 3.38. The number of methoxy groups -OCH3 is 1. The van der Waals surface area contributed by atoms with Crippen LogP contribution in [0.1, 0.15) is 49.1 Å². The Morgan fingerprint density at radius 2 is 1.53 bits per heavy atom. The van der Waals surface area contributed by atoms with Crippen LogP contribution in [-0.4, -0.2) is 64.5 Å². The second-order valence-electron chi connectivity index (χ2n) is 11.0. The molecule has 43 heavy (non-hydrogen) atoms. The maximum absolute atomic E-state index is 14.0. The second-order valence-corrected chi connectivity index (χ2v) is 12.5. The number of ether oxygens (including phenoxy) is 1. The van der Waals surface area contributed by atoms with E-state index in [4.69, 9.17) is 10.5 Å². The number of nitrogens with one attached hydrogen (secondary N) is 2. The quantitative estimate of drug-likeness (QED) is 0.192. The first-order valence-electron chi connectivity index (χ1n) is 14.7. The number of alkyl carbamates (subject to hydrolysis) is 1. The van der Waals surface area contributed by atoms with E-state index in [2.05, 4.69) is 10.6 Å². The first-order chi connectivity index (χ1) is 20.8. The molecule has 1 fully saturated rings. The van der Waals surface area contributed by atoms with Crippen LogP contribution in [0.2, 0.25) is 0 Å². The van der Waals surface area contributed by atoms with Crippen molar-refractivity contribution in [2.75, 3.05) is 26.5 Å². The van der Waals surface area contributed by atoms with Crippen LogP contribution in [0, 0.1) is 5.92 Å². The van der Waals surface area contributed by atoms with Crippen LogP contribution in [0.5, 0.6) is 0 Å². The summed E-state index contributed by atoms with van der Waals surface area (Å²) >= 11 is 0. The highest BCUT2D eigenvalue weighted by atomic mass is 32.2. The fourth-order valence-corrected chi connectivity index (χ4v) is 6.57. The van der Waals surface area contributed by atoms with Gasteiger partial charge in [0.2, 0.25) is 5.91 Å². The molecule has 3 aromatic carbocycles. The Hall–Kier alpha value is -3.73. The van der Waals surface area contributed by atoms with Crippen LogP contribution in [0.3, 0.4) is 0 Å². The molecule has 0 radical (unpaired) electrons. The van der Waals surface area contributed by atoms with Gasteiger partial charge >= 0.3 is 6.09 Å². The Morgan fingerprint density at radius 1 is 0.953 bits per heavy atom. The Labute approximate surface area is 256 Å². The molecule has 4 atom stereocenters. The minimum absolute atomic E-state index is 0.0890. The maximum atomic E-state index is 14.0. The average molecular weight is 607 g/mol. The molecule has 0 bridgehead atoms. The number of carbonyl (C=O) groups is 2. The number of amides is 2. The number of carbonyl (C=O) groups excluding carboxylic acids is 2. The molecule has 0 aromatic heterocycles. The standard InChI is InChI=1S/C33H42N4O5S/c1-37(43(41)28-20-18-26(34)19-21-28)27(22-38)14-9-15-29(23-16-17-23)35-32(39)31(36-33(40)42-2)30(24-10-5-3-6-11-24)25-12-7-4-8-13-25/h3-8,10-13,18-21,23,27,29-31,38H,9,14-17,22,34H2,1-2H3,(H,35,39)(H,36,40). The summed E-state index contributed by atoms with van der Waals surface area (Å²) in [5.41, 5.74) is 8.16. The third-order valence-electron chi connectivity index (χ3n) is 8.03. The molecular weight excluding hydrogens is 564 g/mol. The first-order valence-corrected chi connectivity index (χ1v) is 15.8. The van der Waals surface area contributed by atoms with Crippen molar-refractivity contribution in [1.82, 2.24) is 14.9 Å². The van der Waals surface area contributed by atoms with E-state index in [9.17, 15) is 18.9 Å². The number of rotatable bonds is 15. The molecule has 0 aliphatic heterocycles. The van der Waals surface area contributed by atoms with Crippen LogP contribution in [-0.2, 0) is 20.5 Å². The molecule has 0 saturated heterocycles. The number of nitrogen functional groups attached to an aromatic ring is 1. The summed E-state index contributed by atoms with van der Waals surface area (Å²) in [5.74, 6) is -0.360. The average Bonchev–Trinajstić information content (AvgIpc) is 3.88. The second kappa shape index (κ2) is 15.7. The number of anilines is 1. The normalized spacial score (nSPS) is 15.8. The zero-order valence-electron chi connectivity index (χ0n) is 24.7. The summed E-state index contributed by atoms with van der Waals surface area (Å²) in [7, 11) is 1.58. The summed E-state index contributed by atoms with van der Waals surface area (Å²) in [6.45, 7) is -0.140. The number of likely N-dealkylation sites (N-methyl/N-ethyl adjacent to an activating group) is 1. The number of benzene rings is 3. The minimum Gasteiger partial charge on any atom is -0.453 e. The number of nitrogens with zero attached hydrogens (tertiary/aromatic N) is 1. The van der Waals surface area contributed by atoms with Crippen LogP contribution in [0.4, 0.5) is 10.5 Å². The maximum Gasteiger partial charge on any atom is 0.407 e. The molecule has 230 valence electrons. The van der Waals surface area contributed by atoms with Gasteiger partial charge in [-0.1, -0.05) is 60.7 Å². The molecule has 1 saturated carbocycles. The lowest BCUT2D eigenvalue weighted by molar-refractivity contribution is -0.124. The fourth-order valence-electron chi connectivity index (χ4n) is 5.43. The molecule has 2 amide bonds. The van der Waals surface area contributed by atoms with Gasteiger partial charge < -0.3 is 26.2 Å². The van der Waals surface area contributed by atoms with Gasteiger partial charge in [0.25, 0.3) is 0 Å². The van der Waals surface area contributed by atoms with Gasteiger partial charge in [-0.2, -0.15) is 0 Å². The first kappa shape index (κ1) is 32.2. The van der Waals surface area contributed by atoms with Gasteiger partial charge in [0.15, 0.2) is 0 Å². The highest BCUT2D eigenvalue weighted by Crippen LogP contribution is 2.36. The summed E-state index contributed by atoms with van der Waals surface area (Å²) in [6, 6.07) is 24.9. The zero-order valence-corrected chi connectivity index (χ0v) is 25.5. The molecule has 5 N–H and O–H groups in total. The minimum atomic E-state index is -1.44. The Kier molecular flexibility index (Phi) is 11.7. The number of nitrogens with two attached hydrogens (primary N) is 1. The topological polar surface area (TPSA) is 134 Å². The number of hydrogen-bond donors (Lipinski definition) is 4. The van der Waals surface area contributed by atoms with Crippen molar-refractivity contribution in [3.63, 3.8) is 0 Å². The van der Waals surface area contributed by atoms with Crippen molar-refractivity contribution in [2.24, 2.45) is 5.92 Å². The van der Waals surface area contributed by atoms with Crippen LogP contribution < -0.4 is 16.4 Å². The van der Waals surface area contributed by atoms with E-state index in [-0.39, 0.29) is 24.6 Å².